The maximum Gasteiger partial charge on any atom is 0.234 e. The number of nitrogens with zero attached hydrogens (tertiary/aromatic N) is 4. The molecule has 27 heavy (non-hydrogen) atoms. The highest BCUT2D eigenvalue weighted by Gasteiger charge is 2.22. The Hall–Kier alpha value is -1.57. The zero-order valence-corrected chi connectivity index (χ0v) is 16.8. The summed E-state index contributed by atoms with van der Waals surface area (Å²) >= 11 is 12.1. The molecule has 3 rings (SSSR count). The van der Waals surface area contributed by atoms with Gasteiger partial charge in [-0.3, -0.25) is 14.5 Å². The molecule has 2 saturated heterocycles. The molecule has 9 heteroatoms. The van der Waals surface area contributed by atoms with Gasteiger partial charge in [0.1, 0.15) is 5.82 Å². The molecule has 0 unspecified atom stereocenters. The standard InChI is InChI=1S/C18H25Cl2N5O2/c19-14-11-15(20)18(22-12-14)25-9-7-23(8-10-25)13-16(26)21-4-2-6-24-5-1-3-17(24)27/h11-12H,1-10,13H2,(H,21,26). The molecular formula is C18H25Cl2N5O2. The van der Waals surface area contributed by atoms with Gasteiger partial charge in [-0.05, 0) is 18.9 Å². The van der Waals surface area contributed by atoms with Crippen molar-refractivity contribution in [3.8, 4) is 0 Å². The minimum atomic E-state index is 0.0267. The van der Waals surface area contributed by atoms with Gasteiger partial charge in [0, 0.05) is 58.4 Å². The molecule has 0 saturated carbocycles. The Morgan fingerprint density at radius 3 is 2.63 bits per heavy atom. The van der Waals surface area contributed by atoms with Crippen LogP contribution in [0.2, 0.25) is 10.0 Å². The number of carbonyl (C=O) groups is 2. The second-order valence-corrected chi connectivity index (χ2v) is 7.75. The molecular weight excluding hydrogens is 389 g/mol. The van der Waals surface area contributed by atoms with Crippen molar-refractivity contribution in [3.63, 3.8) is 0 Å². The Morgan fingerprint density at radius 1 is 1.19 bits per heavy atom. The van der Waals surface area contributed by atoms with Gasteiger partial charge in [0.2, 0.25) is 11.8 Å². The van der Waals surface area contributed by atoms with Crippen molar-refractivity contribution in [2.75, 3.05) is 57.3 Å². The Kier molecular flexibility index (Phi) is 7.15. The summed E-state index contributed by atoms with van der Waals surface area (Å²) in [6, 6.07) is 1.70. The summed E-state index contributed by atoms with van der Waals surface area (Å²) in [4.78, 5) is 34.1. The fourth-order valence-corrected chi connectivity index (χ4v) is 3.95. The van der Waals surface area contributed by atoms with E-state index in [1.165, 1.54) is 0 Å². The first kappa shape index (κ1) is 20.2. The average Bonchev–Trinajstić information content (AvgIpc) is 3.05. The predicted octanol–water partition coefficient (Wildman–Crippen LogP) is 1.64. The summed E-state index contributed by atoms with van der Waals surface area (Å²) in [6.07, 6.45) is 4.01. The maximum atomic E-state index is 12.1. The largest absolute Gasteiger partial charge is 0.355 e. The lowest BCUT2D eigenvalue weighted by molar-refractivity contribution is -0.127. The number of halogens is 2. The first-order valence-electron chi connectivity index (χ1n) is 9.36. The van der Waals surface area contributed by atoms with Gasteiger partial charge >= 0.3 is 0 Å². The van der Waals surface area contributed by atoms with Crippen molar-refractivity contribution in [3.05, 3.63) is 22.3 Å². The van der Waals surface area contributed by atoms with E-state index in [2.05, 4.69) is 20.1 Å². The number of aromatic nitrogens is 1. The summed E-state index contributed by atoms with van der Waals surface area (Å²) in [7, 11) is 0. The number of piperazine rings is 1. The number of rotatable bonds is 7. The third kappa shape index (κ3) is 5.70. The van der Waals surface area contributed by atoms with E-state index in [4.69, 9.17) is 23.2 Å². The van der Waals surface area contributed by atoms with E-state index in [0.717, 1.165) is 57.9 Å². The van der Waals surface area contributed by atoms with Crippen molar-refractivity contribution in [2.45, 2.75) is 19.3 Å². The van der Waals surface area contributed by atoms with Gasteiger partial charge in [-0.2, -0.15) is 0 Å². The van der Waals surface area contributed by atoms with Crippen molar-refractivity contribution >= 4 is 40.8 Å². The maximum absolute atomic E-state index is 12.1. The fourth-order valence-electron chi connectivity index (χ4n) is 3.46. The van der Waals surface area contributed by atoms with Gasteiger partial charge in [0.25, 0.3) is 0 Å². The molecule has 0 aliphatic carbocycles. The third-order valence-corrected chi connectivity index (χ3v) is 5.41. The molecule has 2 amide bonds. The van der Waals surface area contributed by atoms with Crippen LogP contribution in [0.15, 0.2) is 12.3 Å². The van der Waals surface area contributed by atoms with E-state index in [0.29, 0.717) is 29.6 Å². The highest BCUT2D eigenvalue weighted by atomic mass is 35.5. The van der Waals surface area contributed by atoms with Crippen molar-refractivity contribution in [1.29, 1.82) is 0 Å². The minimum absolute atomic E-state index is 0.0267. The number of nitrogens with one attached hydrogen (secondary N) is 1. The Balaban J connectivity index is 1.33. The monoisotopic (exact) mass is 413 g/mol. The summed E-state index contributed by atoms with van der Waals surface area (Å²) in [5, 5.41) is 4.01. The van der Waals surface area contributed by atoms with Crippen LogP contribution in [0.5, 0.6) is 0 Å². The molecule has 0 spiro atoms. The first-order chi connectivity index (χ1) is 13.0. The normalized spacial score (nSPS) is 18.2. The quantitative estimate of drug-likeness (QED) is 0.688. The Morgan fingerprint density at radius 2 is 1.96 bits per heavy atom. The first-order valence-corrected chi connectivity index (χ1v) is 10.1. The van der Waals surface area contributed by atoms with Gasteiger partial charge in [-0.15, -0.1) is 0 Å². The lowest BCUT2D eigenvalue weighted by Gasteiger charge is -2.35. The molecule has 7 nitrogen and oxygen atoms in total. The molecule has 2 aliphatic heterocycles. The fraction of sp³-hybridized carbons (Fsp3) is 0.611. The topological polar surface area (TPSA) is 68.8 Å². The number of likely N-dealkylation sites (tertiary alicyclic amines) is 1. The number of carbonyl (C=O) groups excluding carboxylic acids is 2. The van der Waals surface area contributed by atoms with E-state index in [1.54, 1.807) is 12.3 Å². The number of pyridine rings is 1. The van der Waals surface area contributed by atoms with Gasteiger partial charge in [-0.25, -0.2) is 4.98 Å². The molecule has 148 valence electrons. The van der Waals surface area contributed by atoms with Crippen LogP contribution in [0.4, 0.5) is 5.82 Å². The number of anilines is 1. The van der Waals surface area contributed by atoms with Gasteiger partial charge in [0.05, 0.1) is 16.6 Å². The molecule has 0 aromatic carbocycles. The van der Waals surface area contributed by atoms with Crippen LogP contribution >= 0.6 is 23.2 Å². The molecule has 0 atom stereocenters. The van der Waals surface area contributed by atoms with E-state index >= 15 is 0 Å². The summed E-state index contributed by atoms with van der Waals surface area (Å²) < 4.78 is 0. The van der Waals surface area contributed by atoms with Crippen LogP contribution in [0, 0.1) is 0 Å². The summed E-state index contributed by atoms with van der Waals surface area (Å²) in [5.41, 5.74) is 0. The summed E-state index contributed by atoms with van der Waals surface area (Å²) in [6.45, 7) is 5.64. The lowest BCUT2D eigenvalue weighted by Crippen LogP contribution is -2.50. The second kappa shape index (κ2) is 9.57. The highest BCUT2D eigenvalue weighted by molar-refractivity contribution is 6.36. The van der Waals surface area contributed by atoms with Crippen LogP contribution < -0.4 is 10.2 Å². The molecule has 2 fully saturated rings. The number of hydrogen-bond donors (Lipinski definition) is 1. The minimum Gasteiger partial charge on any atom is -0.355 e. The van der Waals surface area contributed by atoms with Crippen molar-refractivity contribution in [1.82, 2.24) is 20.1 Å². The van der Waals surface area contributed by atoms with Crippen molar-refractivity contribution < 1.29 is 9.59 Å². The molecule has 3 heterocycles. The predicted molar refractivity (Wildman–Crippen MR) is 106 cm³/mol. The van der Waals surface area contributed by atoms with E-state index in [1.807, 2.05) is 4.90 Å². The summed E-state index contributed by atoms with van der Waals surface area (Å²) in [5.74, 6) is 0.995. The third-order valence-electron chi connectivity index (χ3n) is 4.93. The molecule has 1 N–H and O–H groups in total. The molecule has 1 aromatic rings. The van der Waals surface area contributed by atoms with Gasteiger partial charge in [0.15, 0.2) is 0 Å². The highest BCUT2D eigenvalue weighted by Crippen LogP contribution is 2.26. The molecule has 0 radical (unpaired) electrons. The molecule has 0 bridgehead atoms. The number of amides is 2. The number of hydrogen-bond acceptors (Lipinski definition) is 5. The van der Waals surface area contributed by atoms with E-state index < -0.39 is 0 Å². The zero-order chi connectivity index (χ0) is 19.2. The molecule has 2 aliphatic rings. The lowest BCUT2D eigenvalue weighted by atomic mass is 10.3. The van der Waals surface area contributed by atoms with Gasteiger partial charge in [-0.1, -0.05) is 23.2 Å². The van der Waals surface area contributed by atoms with Crippen LogP contribution in [-0.4, -0.2) is 79.0 Å². The average molecular weight is 414 g/mol. The van der Waals surface area contributed by atoms with Crippen LogP contribution in [0.3, 0.4) is 0 Å². The zero-order valence-electron chi connectivity index (χ0n) is 15.3. The Bertz CT molecular complexity index is 680. The van der Waals surface area contributed by atoms with Gasteiger partial charge < -0.3 is 15.1 Å². The Labute approximate surface area is 169 Å². The van der Waals surface area contributed by atoms with Crippen molar-refractivity contribution in [2.24, 2.45) is 0 Å². The smallest absolute Gasteiger partial charge is 0.234 e. The second-order valence-electron chi connectivity index (χ2n) is 6.91. The van der Waals surface area contributed by atoms with Crippen LogP contribution in [0.1, 0.15) is 19.3 Å². The molecule has 1 aromatic heterocycles. The van der Waals surface area contributed by atoms with E-state index in [-0.39, 0.29) is 11.8 Å². The van der Waals surface area contributed by atoms with Crippen LogP contribution in [-0.2, 0) is 9.59 Å². The SMILES string of the molecule is O=C(CN1CCN(c2ncc(Cl)cc2Cl)CC1)NCCCN1CCCC1=O. The van der Waals surface area contributed by atoms with E-state index in [9.17, 15) is 9.59 Å². The van der Waals surface area contributed by atoms with Crippen LogP contribution in [0.25, 0.3) is 0 Å².